The van der Waals surface area contributed by atoms with Gasteiger partial charge in [-0.2, -0.15) is 0 Å². The van der Waals surface area contributed by atoms with Crippen LogP contribution in [0.2, 0.25) is 0 Å². The summed E-state index contributed by atoms with van der Waals surface area (Å²) in [4.78, 5) is 61.1. The first-order valence-electron chi connectivity index (χ1n) is 8.49. The molecule has 1 aromatic heterocycles. The van der Waals surface area contributed by atoms with E-state index in [2.05, 4.69) is 10.1 Å². The summed E-state index contributed by atoms with van der Waals surface area (Å²) < 4.78 is 9.49. The fourth-order valence-electron chi connectivity index (χ4n) is 2.71. The number of carbonyl (C=O) groups excluding carboxylic acids is 5. The van der Waals surface area contributed by atoms with Crippen LogP contribution < -0.4 is 5.32 Å². The second-order valence-electron chi connectivity index (χ2n) is 5.92. The average molecular weight is 416 g/mol. The van der Waals surface area contributed by atoms with Gasteiger partial charge in [0, 0.05) is 6.54 Å². The molecule has 0 fully saturated rings. The molecule has 0 saturated heterocycles. The molecule has 29 heavy (non-hydrogen) atoms. The lowest BCUT2D eigenvalue weighted by Crippen LogP contribution is -2.32. The molecule has 0 saturated carbocycles. The van der Waals surface area contributed by atoms with E-state index in [1.165, 1.54) is 13.2 Å². The predicted octanol–water partition coefficient (Wildman–Crippen LogP) is 1.70. The van der Waals surface area contributed by atoms with Crippen LogP contribution in [0.15, 0.2) is 35.7 Å². The van der Waals surface area contributed by atoms with Crippen LogP contribution in [0.4, 0.5) is 5.69 Å². The topological polar surface area (TPSA) is 119 Å². The van der Waals surface area contributed by atoms with Gasteiger partial charge in [-0.1, -0.05) is 12.1 Å². The van der Waals surface area contributed by atoms with Crippen LogP contribution in [0.25, 0.3) is 0 Å². The molecule has 0 atom stereocenters. The van der Waals surface area contributed by atoms with Gasteiger partial charge < -0.3 is 14.8 Å². The number of thiophene rings is 1. The van der Waals surface area contributed by atoms with Crippen LogP contribution in [0.5, 0.6) is 0 Å². The van der Waals surface area contributed by atoms with E-state index in [0.29, 0.717) is 11.1 Å². The summed E-state index contributed by atoms with van der Waals surface area (Å²) in [6.45, 7) is -0.721. The minimum absolute atomic E-state index is 0.149. The van der Waals surface area contributed by atoms with Crippen molar-refractivity contribution < 1.29 is 33.4 Å². The number of methoxy groups -OCH3 is 1. The Balaban J connectivity index is 1.47. The fourth-order valence-corrected chi connectivity index (χ4v) is 3.47. The molecule has 0 bridgehead atoms. The van der Waals surface area contributed by atoms with Crippen molar-refractivity contribution in [2.75, 3.05) is 25.6 Å². The normalized spacial score (nSPS) is 12.5. The maximum atomic E-state index is 12.2. The molecule has 0 unspecified atom stereocenters. The van der Waals surface area contributed by atoms with Gasteiger partial charge in [-0.15, -0.1) is 11.3 Å². The lowest BCUT2D eigenvalue weighted by Gasteiger charge is -2.13. The molecular weight excluding hydrogens is 400 g/mol. The van der Waals surface area contributed by atoms with E-state index in [-0.39, 0.29) is 23.5 Å². The van der Waals surface area contributed by atoms with Crippen molar-refractivity contribution in [1.82, 2.24) is 4.90 Å². The van der Waals surface area contributed by atoms with Crippen LogP contribution in [0.3, 0.4) is 0 Å². The van der Waals surface area contributed by atoms with E-state index in [4.69, 9.17) is 4.74 Å². The fraction of sp³-hybridized carbons (Fsp3) is 0.211. The van der Waals surface area contributed by atoms with E-state index in [1.807, 2.05) is 0 Å². The predicted molar refractivity (Wildman–Crippen MR) is 102 cm³/mol. The molecule has 150 valence electrons. The molecular formula is C19H16N2O7S. The lowest BCUT2D eigenvalue weighted by atomic mass is 10.1. The van der Waals surface area contributed by atoms with Crippen molar-refractivity contribution in [1.29, 1.82) is 0 Å². The molecule has 0 aliphatic carbocycles. The number of ether oxygens (including phenoxy) is 2. The number of esters is 2. The molecule has 1 aliphatic heterocycles. The van der Waals surface area contributed by atoms with Gasteiger partial charge in [0.1, 0.15) is 4.88 Å². The van der Waals surface area contributed by atoms with Crippen molar-refractivity contribution in [3.8, 4) is 0 Å². The molecule has 1 aliphatic rings. The highest BCUT2D eigenvalue weighted by atomic mass is 32.1. The number of hydrogen-bond acceptors (Lipinski definition) is 8. The third-order valence-electron chi connectivity index (χ3n) is 4.09. The number of rotatable bonds is 7. The minimum atomic E-state index is -0.741. The zero-order chi connectivity index (χ0) is 21.0. The Kier molecular flexibility index (Phi) is 6.03. The van der Waals surface area contributed by atoms with Gasteiger partial charge in [0.05, 0.1) is 30.3 Å². The number of nitrogens with zero attached hydrogens (tertiary/aromatic N) is 1. The number of fused-ring (bicyclic) bond motifs is 1. The number of benzene rings is 1. The maximum Gasteiger partial charge on any atom is 0.350 e. The molecule has 1 aromatic carbocycles. The van der Waals surface area contributed by atoms with Gasteiger partial charge in [0.25, 0.3) is 17.7 Å². The van der Waals surface area contributed by atoms with Crippen LogP contribution in [0, 0.1) is 0 Å². The van der Waals surface area contributed by atoms with E-state index in [1.54, 1.807) is 29.6 Å². The molecule has 0 radical (unpaired) electrons. The summed E-state index contributed by atoms with van der Waals surface area (Å²) in [5.41, 5.74) is 0.846. The van der Waals surface area contributed by atoms with Gasteiger partial charge in [-0.3, -0.25) is 24.1 Å². The second-order valence-corrected chi connectivity index (χ2v) is 6.84. The standard InChI is InChI=1S/C19H16N2O7S/c1-27-19(26)16-13(7-9-29-16)20-14(22)10-28-15(23)6-8-21-17(24)11-4-2-3-5-12(11)18(21)25/h2-5,7,9H,6,8,10H2,1H3,(H,20,22). The first kappa shape index (κ1) is 20.2. The van der Waals surface area contributed by atoms with E-state index in [9.17, 15) is 24.0 Å². The highest BCUT2D eigenvalue weighted by Crippen LogP contribution is 2.23. The summed E-state index contributed by atoms with van der Waals surface area (Å²) >= 11 is 1.10. The molecule has 2 heterocycles. The van der Waals surface area contributed by atoms with Crippen LogP contribution in [-0.4, -0.2) is 54.8 Å². The van der Waals surface area contributed by atoms with Gasteiger partial charge >= 0.3 is 11.9 Å². The minimum Gasteiger partial charge on any atom is -0.465 e. The Morgan fingerprint density at radius 3 is 2.34 bits per heavy atom. The van der Waals surface area contributed by atoms with Gasteiger partial charge in [-0.25, -0.2) is 4.79 Å². The number of amides is 3. The Morgan fingerprint density at radius 2 is 1.72 bits per heavy atom. The SMILES string of the molecule is COC(=O)c1sccc1NC(=O)COC(=O)CCN1C(=O)c2ccccc2C1=O. The summed E-state index contributed by atoms with van der Waals surface area (Å²) in [6.07, 6.45) is -0.245. The summed E-state index contributed by atoms with van der Waals surface area (Å²) in [6, 6.07) is 7.92. The lowest BCUT2D eigenvalue weighted by molar-refractivity contribution is -0.147. The Hall–Kier alpha value is -3.53. The molecule has 10 heteroatoms. The monoisotopic (exact) mass is 416 g/mol. The second kappa shape index (κ2) is 8.65. The van der Waals surface area contributed by atoms with E-state index >= 15 is 0 Å². The Morgan fingerprint density at radius 1 is 1.07 bits per heavy atom. The summed E-state index contributed by atoms with van der Waals surface area (Å²) in [5.74, 6) is -2.90. The summed E-state index contributed by atoms with van der Waals surface area (Å²) in [5, 5.41) is 4.07. The van der Waals surface area contributed by atoms with Crippen molar-refractivity contribution in [2.24, 2.45) is 0 Å². The quantitative estimate of drug-likeness (QED) is 0.539. The molecule has 3 amide bonds. The van der Waals surface area contributed by atoms with Crippen molar-refractivity contribution in [3.05, 3.63) is 51.7 Å². The van der Waals surface area contributed by atoms with Crippen molar-refractivity contribution in [3.63, 3.8) is 0 Å². The zero-order valence-electron chi connectivity index (χ0n) is 15.3. The number of nitrogens with one attached hydrogen (secondary N) is 1. The van der Waals surface area contributed by atoms with Gasteiger partial charge in [-0.05, 0) is 23.6 Å². The molecule has 2 aromatic rings. The highest BCUT2D eigenvalue weighted by molar-refractivity contribution is 7.12. The maximum absolute atomic E-state index is 12.2. The summed E-state index contributed by atoms with van der Waals surface area (Å²) in [7, 11) is 1.23. The third-order valence-corrected chi connectivity index (χ3v) is 4.99. The molecule has 0 spiro atoms. The van der Waals surface area contributed by atoms with Crippen molar-refractivity contribution >= 4 is 46.7 Å². The van der Waals surface area contributed by atoms with Crippen LogP contribution in [-0.2, 0) is 19.1 Å². The molecule has 1 N–H and O–H groups in total. The van der Waals surface area contributed by atoms with E-state index < -0.39 is 36.3 Å². The highest BCUT2D eigenvalue weighted by Gasteiger charge is 2.35. The molecule has 9 nitrogen and oxygen atoms in total. The van der Waals surface area contributed by atoms with Crippen LogP contribution in [0.1, 0.15) is 36.8 Å². The Labute approximate surface area is 169 Å². The van der Waals surface area contributed by atoms with Crippen molar-refractivity contribution in [2.45, 2.75) is 6.42 Å². The first-order chi connectivity index (χ1) is 13.9. The number of anilines is 1. The van der Waals surface area contributed by atoms with Gasteiger partial charge in [0.15, 0.2) is 6.61 Å². The number of imide groups is 1. The molecule has 3 rings (SSSR count). The smallest absolute Gasteiger partial charge is 0.350 e. The Bertz CT molecular complexity index is 963. The van der Waals surface area contributed by atoms with Crippen LogP contribution >= 0.6 is 11.3 Å². The van der Waals surface area contributed by atoms with Gasteiger partial charge in [0.2, 0.25) is 0 Å². The zero-order valence-corrected chi connectivity index (χ0v) is 16.1. The number of hydrogen-bond donors (Lipinski definition) is 1. The van der Waals surface area contributed by atoms with E-state index in [0.717, 1.165) is 16.2 Å². The first-order valence-corrected chi connectivity index (χ1v) is 9.37. The average Bonchev–Trinajstić information content (AvgIpc) is 3.28. The largest absolute Gasteiger partial charge is 0.465 e. The number of carbonyl (C=O) groups is 5. The third kappa shape index (κ3) is 4.32.